The second kappa shape index (κ2) is 10.2. The van der Waals surface area contributed by atoms with E-state index in [4.69, 9.17) is 11.6 Å². The smallest absolute Gasteiger partial charge is 0.412 e. The van der Waals surface area contributed by atoms with Gasteiger partial charge in [-0.1, -0.05) is 35.9 Å². The molecule has 0 unspecified atom stereocenters. The van der Waals surface area contributed by atoms with Gasteiger partial charge in [0.15, 0.2) is 0 Å². The van der Waals surface area contributed by atoms with Crippen LogP contribution in [-0.2, 0) is 22.6 Å². The van der Waals surface area contributed by atoms with Gasteiger partial charge in [-0.2, -0.15) is 0 Å². The van der Waals surface area contributed by atoms with Crippen molar-refractivity contribution in [2.75, 3.05) is 0 Å². The Labute approximate surface area is 210 Å². The van der Waals surface area contributed by atoms with E-state index in [1.165, 1.54) is 16.9 Å². The van der Waals surface area contributed by atoms with Gasteiger partial charge in [0.05, 0.1) is 5.54 Å². The van der Waals surface area contributed by atoms with Gasteiger partial charge < -0.3 is 14.4 Å². The molecule has 1 saturated heterocycles. The summed E-state index contributed by atoms with van der Waals surface area (Å²) >= 11 is 4.72. The molecule has 3 atom stereocenters. The Balaban J connectivity index is 1.88. The lowest BCUT2D eigenvalue weighted by Gasteiger charge is -2.40. The third kappa shape index (κ3) is 5.97. The van der Waals surface area contributed by atoms with Crippen LogP contribution in [0, 0.1) is 11.7 Å². The maximum atomic E-state index is 14.3. The number of hydrogen-bond donors (Lipinski definition) is 2. The monoisotopic (exact) mass is 506 g/mol. The van der Waals surface area contributed by atoms with Crippen LogP contribution in [0.4, 0.5) is 4.39 Å². The van der Waals surface area contributed by atoms with E-state index in [-0.39, 0.29) is 30.1 Å². The number of hydrogen-bond acceptors (Lipinski definition) is 4. The van der Waals surface area contributed by atoms with Crippen LogP contribution in [-0.4, -0.2) is 43.7 Å². The van der Waals surface area contributed by atoms with Gasteiger partial charge in [-0.05, 0) is 77.2 Å². The normalized spacial score (nSPS) is 20.1. The van der Waals surface area contributed by atoms with Crippen LogP contribution in [0.25, 0.3) is 11.1 Å². The molecule has 0 bridgehead atoms. The Kier molecular flexibility index (Phi) is 8.10. The predicted molar refractivity (Wildman–Crippen MR) is 138 cm³/mol. The highest BCUT2D eigenvalue weighted by Crippen LogP contribution is 2.38. The summed E-state index contributed by atoms with van der Waals surface area (Å²) < 4.78 is 29.9. The SMILES string of the molecule is CB(O)N1C(=O)C[C@H](C(C)(C)N[S@+]([O-])C(C)(C)C)[C@H]1Cc1ccc(-c2cc(Cl)ccc2F)cc1. The van der Waals surface area contributed by atoms with E-state index < -0.39 is 28.7 Å². The molecule has 2 N–H and O–H groups in total. The molecule has 9 heteroatoms. The number of amides is 1. The standard InChI is InChI=1S/C25H33BClFN2O3S/c1-24(2,3)34(33)29-25(4,5)20-15-23(31)30(26(6)32)22(20)13-16-7-9-17(10-8-16)19-14-18(27)11-12-21(19)28/h7-12,14,20,22,29,32H,13,15H2,1-6H3/t20-,22+,34+/m0/s1. The first-order valence-corrected chi connectivity index (χ1v) is 13.0. The summed E-state index contributed by atoms with van der Waals surface area (Å²) in [6.45, 7) is 11.2. The average Bonchev–Trinajstić information content (AvgIpc) is 3.06. The lowest BCUT2D eigenvalue weighted by atomic mass is 9.77. The van der Waals surface area contributed by atoms with Gasteiger partial charge in [0.25, 0.3) is 0 Å². The van der Waals surface area contributed by atoms with Gasteiger partial charge in [0.1, 0.15) is 10.6 Å². The van der Waals surface area contributed by atoms with Crippen molar-refractivity contribution in [3.05, 3.63) is 58.9 Å². The van der Waals surface area contributed by atoms with Crippen molar-refractivity contribution in [1.82, 2.24) is 9.53 Å². The number of rotatable bonds is 7. The summed E-state index contributed by atoms with van der Waals surface area (Å²) in [4.78, 5) is 14.4. The maximum Gasteiger partial charge on any atom is 0.412 e. The molecule has 2 aromatic carbocycles. The van der Waals surface area contributed by atoms with Crippen molar-refractivity contribution in [2.45, 2.75) is 70.6 Å². The fourth-order valence-electron chi connectivity index (χ4n) is 4.52. The fourth-order valence-corrected chi connectivity index (χ4v) is 5.63. The van der Waals surface area contributed by atoms with Crippen molar-refractivity contribution >= 4 is 35.9 Å². The number of carbonyl (C=O) groups excluding carboxylic acids is 1. The van der Waals surface area contributed by atoms with Gasteiger partial charge in [0.2, 0.25) is 5.91 Å². The Bertz CT molecular complexity index is 1030. The van der Waals surface area contributed by atoms with E-state index in [9.17, 15) is 18.8 Å². The lowest BCUT2D eigenvalue weighted by molar-refractivity contribution is -0.125. The van der Waals surface area contributed by atoms with Crippen molar-refractivity contribution < 1.29 is 18.8 Å². The minimum Gasteiger partial charge on any atom is -0.598 e. The summed E-state index contributed by atoms with van der Waals surface area (Å²) in [7, 11) is -0.939. The third-order valence-electron chi connectivity index (χ3n) is 6.38. The fraction of sp³-hybridized carbons (Fsp3) is 0.480. The molecule has 0 saturated carbocycles. The molecule has 34 heavy (non-hydrogen) atoms. The first-order chi connectivity index (χ1) is 15.7. The summed E-state index contributed by atoms with van der Waals surface area (Å²) in [6, 6.07) is 11.6. The number of nitrogens with zero attached hydrogens (tertiary/aromatic N) is 1. The maximum absolute atomic E-state index is 14.3. The van der Waals surface area contributed by atoms with Gasteiger partial charge in [0, 0.05) is 40.3 Å². The summed E-state index contributed by atoms with van der Waals surface area (Å²) in [6.07, 6.45) is 0.760. The van der Waals surface area contributed by atoms with Crippen LogP contribution >= 0.6 is 11.6 Å². The highest BCUT2D eigenvalue weighted by atomic mass is 35.5. The minimum absolute atomic E-state index is 0.126. The second-order valence-corrected chi connectivity index (χ2v) is 12.9. The molecule has 1 aliphatic rings. The zero-order valence-corrected chi connectivity index (χ0v) is 22.1. The Morgan fingerprint density at radius 2 is 1.82 bits per heavy atom. The van der Waals surface area contributed by atoms with Crippen LogP contribution in [0.5, 0.6) is 0 Å². The molecule has 2 aromatic rings. The van der Waals surface area contributed by atoms with Gasteiger partial charge in [-0.25, -0.2) is 4.39 Å². The average molecular weight is 507 g/mol. The highest BCUT2D eigenvalue weighted by molar-refractivity contribution is 7.90. The topological polar surface area (TPSA) is 75.6 Å². The third-order valence-corrected chi connectivity index (χ3v) is 8.44. The van der Waals surface area contributed by atoms with Crippen molar-refractivity contribution in [3.8, 4) is 11.1 Å². The van der Waals surface area contributed by atoms with Crippen LogP contribution in [0.3, 0.4) is 0 Å². The number of halogens is 2. The Morgan fingerprint density at radius 3 is 2.38 bits per heavy atom. The van der Waals surface area contributed by atoms with Crippen LogP contribution in [0.2, 0.25) is 11.8 Å². The molecule has 0 spiro atoms. The molecule has 5 nitrogen and oxygen atoms in total. The van der Waals surface area contributed by atoms with E-state index >= 15 is 0 Å². The van der Waals surface area contributed by atoms with Crippen LogP contribution in [0.1, 0.15) is 46.6 Å². The van der Waals surface area contributed by atoms with E-state index in [1.807, 2.05) is 58.9 Å². The van der Waals surface area contributed by atoms with E-state index in [2.05, 4.69) is 4.72 Å². The number of carbonyl (C=O) groups is 1. The molecule has 3 rings (SSSR count). The van der Waals surface area contributed by atoms with E-state index in [1.54, 1.807) is 12.9 Å². The minimum atomic E-state index is -1.31. The molecule has 0 aliphatic carbocycles. The molecule has 184 valence electrons. The first kappa shape index (κ1) is 27.0. The molecule has 0 aromatic heterocycles. The first-order valence-electron chi connectivity index (χ1n) is 11.4. The molecule has 1 aliphatic heterocycles. The summed E-state index contributed by atoms with van der Waals surface area (Å²) in [5, 5.41) is 10.8. The molecular weight excluding hydrogens is 474 g/mol. The summed E-state index contributed by atoms with van der Waals surface area (Å²) in [5.41, 5.74) is 1.46. The van der Waals surface area contributed by atoms with Crippen LogP contribution in [0.15, 0.2) is 42.5 Å². The Hall–Kier alpha value is -1.58. The molecule has 1 amide bonds. The predicted octanol–water partition coefficient (Wildman–Crippen LogP) is 4.85. The lowest BCUT2D eigenvalue weighted by Crippen LogP contribution is -2.57. The zero-order valence-electron chi connectivity index (χ0n) is 20.6. The van der Waals surface area contributed by atoms with Gasteiger partial charge in [-0.15, -0.1) is 4.72 Å². The Morgan fingerprint density at radius 1 is 1.21 bits per heavy atom. The van der Waals surface area contributed by atoms with Crippen molar-refractivity contribution in [2.24, 2.45) is 5.92 Å². The summed E-state index contributed by atoms with van der Waals surface area (Å²) in [5.74, 6) is -0.649. The zero-order chi connectivity index (χ0) is 25.4. The number of nitrogens with one attached hydrogen (secondary N) is 1. The second-order valence-electron chi connectivity index (χ2n) is 10.5. The van der Waals surface area contributed by atoms with Gasteiger partial charge in [-0.3, -0.25) is 4.79 Å². The van der Waals surface area contributed by atoms with E-state index in [0.29, 0.717) is 22.6 Å². The van der Waals surface area contributed by atoms with E-state index in [0.717, 1.165) is 5.56 Å². The molecule has 1 heterocycles. The van der Waals surface area contributed by atoms with Crippen molar-refractivity contribution in [3.63, 3.8) is 0 Å². The highest BCUT2D eigenvalue weighted by Gasteiger charge is 2.51. The molecule has 0 radical (unpaired) electrons. The largest absolute Gasteiger partial charge is 0.598 e. The van der Waals surface area contributed by atoms with Crippen molar-refractivity contribution in [1.29, 1.82) is 0 Å². The van der Waals surface area contributed by atoms with Crippen LogP contribution < -0.4 is 4.72 Å². The van der Waals surface area contributed by atoms with Gasteiger partial charge >= 0.3 is 7.05 Å². The molecular formula is C25H33BClFN2O3S. The quantitative estimate of drug-likeness (QED) is 0.416. The molecule has 1 fully saturated rings. The number of benzene rings is 2.